The van der Waals surface area contributed by atoms with Gasteiger partial charge in [-0.25, -0.2) is 8.42 Å². The average molecular weight is 384 g/mol. The Bertz CT molecular complexity index is 703. The Hall–Kier alpha value is -1.44. The quantitative estimate of drug-likeness (QED) is 0.783. The number of sulfone groups is 1. The first-order chi connectivity index (χ1) is 12.1. The van der Waals surface area contributed by atoms with Crippen LogP contribution in [0.15, 0.2) is 35.2 Å². The maximum Gasteiger partial charge on any atom is 0.242 e. The van der Waals surface area contributed by atoms with Crippen LogP contribution in [-0.4, -0.2) is 50.0 Å². The van der Waals surface area contributed by atoms with Crippen molar-refractivity contribution in [3.05, 3.63) is 30.3 Å². The second kappa shape index (κ2) is 8.06. The predicted octanol–water partition coefficient (Wildman–Crippen LogP) is 1.92. The van der Waals surface area contributed by atoms with E-state index >= 15 is 0 Å². The molecular formula is C19H29NO5S. The molecule has 0 aliphatic carbocycles. The van der Waals surface area contributed by atoms with E-state index in [-0.39, 0.29) is 43.0 Å². The Balaban J connectivity index is 2.36. The summed E-state index contributed by atoms with van der Waals surface area (Å²) in [6.45, 7) is 6.21. The summed E-state index contributed by atoms with van der Waals surface area (Å²) in [6.07, 6.45) is 0.751. The van der Waals surface area contributed by atoms with Gasteiger partial charge >= 0.3 is 0 Å². The number of amides is 1. The minimum absolute atomic E-state index is 0.101. The van der Waals surface area contributed by atoms with Crippen LogP contribution in [0, 0.1) is 5.41 Å². The van der Waals surface area contributed by atoms with Gasteiger partial charge in [-0.3, -0.25) is 4.79 Å². The van der Waals surface area contributed by atoms with E-state index in [0.717, 1.165) is 0 Å². The van der Waals surface area contributed by atoms with Crippen molar-refractivity contribution in [3.8, 4) is 0 Å². The summed E-state index contributed by atoms with van der Waals surface area (Å²) in [4.78, 5) is 13.3. The summed E-state index contributed by atoms with van der Waals surface area (Å²) < 4.78 is 30.4. The van der Waals surface area contributed by atoms with Gasteiger partial charge in [0.2, 0.25) is 5.91 Å². The Labute approximate surface area is 155 Å². The number of aliphatic hydroxyl groups is 1. The van der Waals surface area contributed by atoms with Gasteiger partial charge in [-0.15, -0.1) is 0 Å². The van der Waals surface area contributed by atoms with Crippen LogP contribution in [0.25, 0.3) is 0 Å². The highest BCUT2D eigenvalue weighted by atomic mass is 32.2. The molecule has 1 saturated heterocycles. The lowest BCUT2D eigenvalue weighted by Gasteiger charge is -2.37. The van der Waals surface area contributed by atoms with Crippen LogP contribution in [0.3, 0.4) is 0 Å². The molecule has 146 valence electrons. The molecule has 1 amide bonds. The maximum absolute atomic E-state index is 13.3. The second-order valence-corrected chi connectivity index (χ2v) is 10.3. The number of rotatable bonds is 6. The smallest absolute Gasteiger partial charge is 0.242 e. The number of benzene rings is 1. The van der Waals surface area contributed by atoms with Gasteiger partial charge in [-0.1, -0.05) is 39.0 Å². The zero-order chi connectivity index (χ0) is 19.4. The van der Waals surface area contributed by atoms with Gasteiger partial charge in [0.1, 0.15) is 0 Å². The zero-order valence-electron chi connectivity index (χ0n) is 15.7. The maximum atomic E-state index is 13.3. The van der Waals surface area contributed by atoms with Crippen molar-refractivity contribution in [1.29, 1.82) is 0 Å². The Morgan fingerprint density at radius 3 is 2.31 bits per heavy atom. The van der Waals surface area contributed by atoms with E-state index in [2.05, 4.69) is 5.32 Å². The van der Waals surface area contributed by atoms with Crippen LogP contribution in [0.4, 0.5) is 0 Å². The van der Waals surface area contributed by atoms with Gasteiger partial charge in [-0.2, -0.15) is 0 Å². The van der Waals surface area contributed by atoms with Crippen LogP contribution in [-0.2, 0) is 19.4 Å². The molecule has 0 saturated carbocycles. The molecule has 1 aliphatic heterocycles. The highest BCUT2D eigenvalue weighted by Gasteiger charge is 2.52. The first-order valence-corrected chi connectivity index (χ1v) is 10.4. The molecule has 2 rings (SSSR count). The Morgan fingerprint density at radius 2 is 1.81 bits per heavy atom. The van der Waals surface area contributed by atoms with Gasteiger partial charge < -0.3 is 15.2 Å². The van der Waals surface area contributed by atoms with Crippen molar-refractivity contribution in [1.82, 2.24) is 5.32 Å². The number of hydrogen-bond acceptors (Lipinski definition) is 5. The van der Waals surface area contributed by atoms with E-state index < -0.39 is 26.5 Å². The molecule has 1 aromatic rings. The number of carbonyl (C=O) groups excluding carboxylic acids is 1. The SMILES string of the molecule is CC(C)(C)CC(CO)NC(=O)C1(S(=O)(=O)c2ccccc2)CCOCC1. The molecule has 1 fully saturated rings. The average Bonchev–Trinajstić information content (AvgIpc) is 2.61. The van der Waals surface area contributed by atoms with Gasteiger partial charge in [0.05, 0.1) is 17.5 Å². The molecule has 1 aromatic carbocycles. The van der Waals surface area contributed by atoms with Gasteiger partial charge in [0.15, 0.2) is 14.6 Å². The Kier molecular flexibility index (Phi) is 6.47. The highest BCUT2D eigenvalue weighted by molar-refractivity contribution is 7.93. The summed E-state index contributed by atoms with van der Waals surface area (Å²) in [5.41, 5.74) is -0.109. The summed E-state index contributed by atoms with van der Waals surface area (Å²) in [6, 6.07) is 7.56. The number of carbonyl (C=O) groups is 1. The fourth-order valence-corrected chi connectivity index (χ4v) is 5.34. The molecule has 0 bridgehead atoms. The van der Waals surface area contributed by atoms with E-state index in [1.54, 1.807) is 18.2 Å². The lowest BCUT2D eigenvalue weighted by atomic mass is 9.88. The zero-order valence-corrected chi connectivity index (χ0v) is 16.5. The summed E-state index contributed by atoms with van der Waals surface area (Å²) >= 11 is 0. The topological polar surface area (TPSA) is 92.7 Å². The van der Waals surface area contributed by atoms with Crippen LogP contribution >= 0.6 is 0 Å². The first-order valence-electron chi connectivity index (χ1n) is 8.92. The fraction of sp³-hybridized carbons (Fsp3) is 0.632. The normalized spacial score (nSPS) is 18.9. The summed E-state index contributed by atoms with van der Waals surface area (Å²) in [7, 11) is -3.89. The van der Waals surface area contributed by atoms with E-state index in [0.29, 0.717) is 6.42 Å². The molecule has 6 nitrogen and oxygen atoms in total. The summed E-state index contributed by atoms with van der Waals surface area (Å²) in [5, 5.41) is 12.4. The molecule has 0 spiro atoms. The second-order valence-electron chi connectivity index (χ2n) is 8.04. The predicted molar refractivity (Wildman–Crippen MR) is 99.5 cm³/mol. The van der Waals surface area contributed by atoms with Crippen molar-refractivity contribution in [2.24, 2.45) is 5.41 Å². The summed E-state index contributed by atoms with van der Waals surface area (Å²) in [5.74, 6) is -0.548. The van der Waals surface area contributed by atoms with Crippen molar-refractivity contribution in [3.63, 3.8) is 0 Å². The van der Waals surface area contributed by atoms with Gasteiger partial charge in [0.25, 0.3) is 0 Å². The molecule has 26 heavy (non-hydrogen) atoms. The minimum atomic E-state index is -3.89. The molecule has 0 aromatic heterocycles. The van der Waals surface area contributed by atoms with Crippen LogP contribution in [0.2, 0.25) is 0 Å². The number of aliphatic hydroxyl groups excluding tert-OH is 1. The lowest BCUT2D eigenvalue weighted by Crippen LogP contribution is -2.58. The van der Waals surface area contributed by atoms with Crippen LogP contribution in [0.1, 0.15) is 40.0 Å². The van der Waals surface area contributed by atoms with E-state index in [1.165, 1.54) is 12.1 Å². The first kappa shape index (κ1) is 20.9. The minimum Gasteiger partial charge on any atom is -0.394 e. The largest absolute Gasteiger partial charge is 0.394 e. The molecule has 0 radical (unpaired) electrons. The highest BCUT2D eigenvalue weighted by Crippen LogP contribution is 2.35. The van der Waals surface area contributed by atoms with Crippen molar-refractivity contribution in [2.75, 3.05) is 19.8 Å². The van der Waals surface area contributed by atoms with Gasteiger partial charge in [0, 0.05) is 13.2 Å². The third kappa shape index (κ3) is 4.45. The molecule has 1 unspecified atom stereocenters. The molecule has 1 aliphatic rings. The number of hydrogen-bond donors (Lipinski definition) is 2. The van der Waals surface area contributed by atoms with Crippen molar-refractivity contribution >= 4 is 15.7 Å². The monoisotopic (exact) mass is 383 g/mol. The molecular weight excluding hydrogens is 354 g/mol. The number of ether oxygens (including phenoxy) is 1. The van der Waals surface area contributed by atoms with Crippen LogP contribution < -0.4 is 5.32 Å². The van der Waals surface area contributed by atoms with Crippen LogP contribution in [0.5, 0.6) is 0 Å². The third-order valence-corrected chi connectivity index (χ3v) is 7.21. The van der Waals surface area contributed by atoms with E-state index in [9.17, 15) is 18.3 Å². The standard InChI is InChI=1S/C19H29NO5S/c1-18(2,3)13-15(14-21)20-17(22)19(9-11-25-12-10-19)26(23,24)16-7-5-4-6-8-16/h4-8,15,21H,9-14H2,1-3H3,(H,20,22). The molecule has 1 atom stereocenters. The van der Waals surface area contributed by atoms with E-state index in [1.807, 2.05) is 20.8 Å². The molecule has 1 heterocycles. The Morgan fingerprint density at radius 1 is 1.23 bits per heavy atom. The fourth-order valence-electron chi connectivity index (χ4n) is 3.36. The van der Waals surface area contributed by atoms with Crippen molar-refractivity contribution in [2.45, 2.75) is 55.7 Å². The third-order valence-electron chi connectivity index (χ3n) is 4.70. The van der Waals surface area contributed by atoms with E-state index in [4.69, 9.17) is 4.74 Å². The van der Waals surface area contributed by atoms with Gasteiger partial charge in [-0.05, 0) is 36.8 Å². The molecule has 2 N–H and O–H groups in total. The van der Waals surface area contributed by atoms with Crippen molar-refractivity contribution < 1.29 is 23.1 Å². The molecule has 7 heteroatoms. The lowest BCUT2D eigenvalue weighted by molar-refractivity contribution is -0.127. The number of nitrogens with one attached hydrogen (secondary N) is 1.